The minimum Gasteiger partial charge on any atom is -0.481 e. The van der Waals surface area contributed by atoms with E-state index in [1.165, 1.54) is 0 Å². The average Bonchev–Trinajstić information content (AvgIpc) is 3.35. The van der Waals surface area contributed by atoms with E-state index < -0.39 is 5.97 Å². The molecule has 2 fully saturated rings. The lowest BCUT2D eigenvalue weighted by atomic mass is 9.77. The Balaban J connectivity index is 1.55. The molecule has 3 rings (SSSR count). The van der Waals surface area contributed by atoms with Crippen LogP contribution in [0.15, 0.2) is 47.5 Å². The van der Waals surface area contributed by atoms with E-state index in [2.05, 4.69) is 12.2 Å². The monoisotopic (exact) mass is 411 g/mol. The van der Waals surface area contributed by atoms with Gasteiger partial charge in [-0.3, -0.25) is 14.6 Å². The van der Waals surface area contributed by atoms with Gasteiger partial charge in [0.25, 0.3) is 0 Å². The number of rotatable bonds is 11. The number of unbranched alkanes of at least 4 members (excludes halogenated alkanes) is 1. The number of hydrogen-bond donors (Lipinski definition) is 1. The third-order valence-electron chi connectivity index (χ3n) is 6.56. The van der Waals surface area contributed by atoms with Crippen LogP contribution in [0.4, 0.5) is 0 Å². The smallest absolute Gasteiger partial charge is 0.303 e. The predicted molar refractivity (Wildman–Crippen MR) is 118 cm³/mol. The molecule has 30 heavy (non-hydrogen) atoms. The standard InChI is InChI=1S/C25H33NO4/c1-17(25(29)19-10-6-5-7-11-19)18(2)26-16-21-20(22-14-15-23(21)30-22)12-8-3-4-9-13-24(27)28/h3,5-8,10-11,17,20-23H,4,9,12-16H2,1-2H3,(H,27,28)/t17?,20-,21+,22-,23+/m0/s1. The van der Waals surface area contributed by atoms with Crippen LogP contribution in [0, 0.1) is 17.8 Å². The summed E-state index contributed by atoms with van der Waals surface area (Å²) >= 11 is 0. The summed E-state index contributed by atoms with van der Waals surface area (Å²) in [5.41, 5.74) is 1.61. The fraction of sp³-hybridized carbons (Fsp3) is 0.560. The van der Waals surface area contributed by atoms with Crippen LogP contribution in [0.25, 0.3) is 0 Å². The summed E-state index contributed by atoms with van der Waals surface area (Å²) in [6.07, 6.45) is 9.73. The SMILES string of the molecule is CC(=NC[C@@H]1[C@H](CC=CCCCC(=O)O)[C@@H]2CC[C@H]1O2)C(C)C(=O)c1ccccc1. The molecule has 5 nitrogen and oxygen atoms in total. The molecule has 2 aliphatic rings. The highest BCUT2D eigenvalue weighted by molar-refractivity contribution is 6.11. The van der Waals surface area contributed by atoms with Crippen LogP contribution < -0.4 is 0 Å². The zero-order valence-corrected chi connectivity index (χ0v) is 18.0. The lowest BCUT2D eigenvalue weighted by Gasteiger charge is -2.26. The first-order valence-corrected chi connectivity index (χ1v) is 11.1. The Morgan fingerprint density at radius 3 is 2.57 bits per heavy atom. The van der Waals surface area contributed by atoms with E-state index in [9.17, 15) is 9.59 Å². The maximum Gasteiger partial charge on any atom is 0.303 e. The molecule has 0 saturated carbocycles. The first-order chi connectivity index (χ1) is 14.5. The average molecular weight is 412 g/mol. The van der Waals surface area contributed by atoms with Gasteiger partial charge in [-0.15, -0.1) is 0 Å². The van der Waals surface area contributed by atoms with E-state index in [-0.39, 0.29) is 24.2 Å². The Bertz CT molecular complexity index is 786. The number of ether oxygens (including phenoxy) is 1. The molecule has 1 unspecified atom stereocenters. The van der Waals surface area contributed by atoms with E-state index in [0.717, 1.165) is 37.0 Å². The highest BCUT2D eigenvalue weighted by Gasteiger charge is 2.47. The van der Waals surface area contributed by atoms with Crippen LogP contribution in [0.2, 0.25) is 0 Å². The lowest BCUT2D eigenvalue weighted by molar-refractivity contribution is -0.137. The van der Waals surface area contributed by atoms with Crippen LogP contribution in [0.1, 0.15) is 62.7 Å². The zero-order valence-electron chi connectivity index (χ0n) is 18.0. The van der Waals surface area contributed by atoms with E-state index >= 15 is 0 Å². The molecule has 5 atom stereocenters. The Hall–Kier alpha value is -2.27. The van der Waals surface area contributed by atoms with Gasteiger partial charge in [0.05, 0.1) is 18.1 Å². The van der Waals surface area contributed by atoms with Crippen molar-refractivity contribution in [2.75, 3.05) is 6.54 Å². The fourth-order valence-electron chi connectivity index (χ4n) is 4.62. The number of carbonyl (C=O) groups excluding carboxylic acids is 1. The van der Waals surface area contributed by atoms with Crippen LogP contribution in [-0.4, -0.2) is 41.3 Å². The largest absolute Gasteiger partial charge is 0.481 e. The van der Waals surface area contributed by atoms with Gasteiger partial charge in [-0.05, 0) is 51.9 Å². The van der Waals surface area contributed by atoms with Crippen molar-refractivity contribution in [2.24, 2.45) is 22.7 Å². The summed E-state index contributed by atoms with van der Waals surface area (Å²) in [5.74, 6) is -0.00268. The van der Waals surface area contributed by atoms with E-state index in [1.807, 2.05) is 44.2 Å². The number of aliphatic imine (C=N–C) groups is 1. The summed E-state index contributed by atoms with van der Waals surface area (Å²) in [4.78, 5) is 28.1. The van der Waals surface area contributed by atoms with Gasteiger partial charge in [0.2, 0.25) is 0 Å². The number of benzene rings is 1. The molecule has 2 heterocycles. The lowest BCUT2D eigenvalue weighted by Crippen LogP contribution is -2.30. The number of fused-ring (bicyclic) bond motifs is 2. The highest BCUT2D eigenvalue weighted by Crippen LogP contribution is 2.45. The second kappa shape index (κ2) is 10.7. The molecular weight excluding hydrogens is 378 g/mol. The van der Waals surface area contributed by atoms with Crippen molar-refractivity contribution >= 4 is 17.5 Å². The summed E-state index contributed by atoms with van der Waals surface area (Å²) in [5, 5.41) is 8.72. The molecule has 2 aliphatic heterocycles. The zero-order chi connectivity index (χ0) is 21.5. The number of carboxylic acid groups (broad SMARTS) is 1. The van der Waals surface area contributed by atoms with Gasteiger partial charge in [-0.25, -0.2) is 0 Å². The summed E-state index contributed by atoms with van der Waals surface area (Å²) in [6.45, 7) is 4.59. The molecule has 1 aromatic carbocycles. The molecule has 5 heteroatoms. The molecular formula is C25H33NO4. The Kier molecular flexibility index (Phi) is 7.97. The Morgan fingerprint density at radius 1 is 1.17 bits per heavy atom. The molecule has 0 aromatic heterocycles. The molecule has 0 aliphatic carbocycles. The minimum absolute atomic E-state index is 0.113. The quantitative estimate of drug-likeness (QED) is 0.242. The molecule has 1 N–H and O–H groups in total. The third kappa shape index (κ3) is 5.66. The minimum atomic E-state index is -0.738. The van der Waals surface area contributed by atoms with Crippen LogP contribution in [0.5, 0.6) is 0 Å². The van der Waals surface area contributed by atoms with Crippen molar-refractivity contribution in [2.45, 2.75) is 64.6 Å². The van der Waals surface area contributed by atoms with Gasteiger partial charge in [0, 0.05) is 30.2 Å². The second-order valence-electron chi connectivity index (χ2n) is 8.55. The van der Waals surface area contributed by atoms with Crippen LogP contribution in [-0.2, 0) is 9.53 Å². The van der Waals surface area contributed by atoms with Crippen molar-refractivity contribution in [3.63, 3.8) is 0 Å². The van der Waals surface area contributed by atoms with Gasteiger partial charge < -0.3 is 9.84 Å². The molecule has 2 bridgehead atoms. The maximum absolute atomic E-state index is 12.7. The van der Waals surface area contributed by atoms with Crippen molar-refractivity contribution < 1.29 is 19.4 Å². The van der Waals surface area contributed by atoms with E-state index in [1.54, 1.807) is 0 Å². The Labute approximate surface area is 179 Å². The van der Waals surface area contributed by atoms with Crippen molar-refractivity contribution in [3.05, 3.63) is 48.0 Å². The summed E-state index contributed by atoms with van der Waals surface area (Å²) < 4.78 is 6.17. The first-order valence-electron chi connectivity index (χ1n) is 11.1. The molecule has 2 saturated heterocycles. The number of hydrogen-bond acceptors (Lipinski definition) is 4. The van der Waals surface area contributed by atoms with Crippen LogP contribution in [0.3, 0.4) is 0 Å². The first kappa shape index (κ1) is 22.4. The molecule has 0 amide bonds. The summed E-state index contributed by atoms with van der Waals surface area (Å²) in [7, 11) is 0. The highest BCUT2D eigenvalue weighted by atomic mass is 16.5. The second-order valence-corrected chi connectivity index (χ2v) is 8.55. The fourth-order valence-corrected chi connectivity index (χ4v) is 4.62. The number of ketones is 1. The van der Waals surface area contributed by atoms with Crippen LogP contribution >= 0.6 is 0 Å². The van der Waals surface area contributed by atoms with Gasteiger partial charge in [0.1, 0.15) is 0 Å². The van der Waals surface area contributed by atoms with E-state index in [0.29, 0.717) is 30.9 Å². The van der Waals surface area contributed by atoms with Gasteiger partial charge >= 0.3 is 5.97 Å². The normalized spacial score (nSPS) is 26.9. The summed E-state index contributed by atoms with van der Waals surface area (Å²) in [6, 6.07) is 9.40. The Morgan fingerprint density at radius 2 is 1.87 bits per heavy atom. The number of aliphatic carboxylic acids is 1. The molecule has 0 radical (unpaired) electrons. The van der Waals surface area contributed by atoms with Crippen molar-refractivity contribution in [3.8, 4) is 0 Å². The number of nitrogens with zero attached hydrogens (tertiary/aromatic N) is 1. The molecule has 1 aromatic rings. The molecule has 0 spiro atoms. The maximum atomic E-state index is 12.7. The van der Waals surface area contributed by atoms with Crippen molar-refractivity contribution in [1.82, 2.24) is 0 Å². The number of carbonyl (C=O) groups is 2. The predicted octanol–water partition coefficient (Wildman–Crippen LogP) is 4.96. The van der Waals surface area contributed by atoms with Gasteiger partial charge in [0.15, 0.2) is 5.78 Å². The third-order valence-corrected chi connectivity index (χ3v) is 6.56. The number of Topliss-reactive ketones (excluding diaryl/α,β-unsaturated/α-hetero) is 1. The van der Waals surface area contributed by atoms with Gasteiger partial charge in [-0.1, -0.05) is 42.5 Å². The number of carboxylic acids is 1. The number of allylic oxidation sites excluding steroid dienone is 2. The van der Waals surface area contributed by atoms with Crippen molar-refractivity contribution in [1.29, 1.82) is 0 Å². The topological polar surface area (TPSA) is 76.0 Å². The molecule has 162 valence electrons. The van der Waals surface area contributed by atoms with Gasteiger partial charge in [-0.2, -0.15) is 0 Å². The van der Waals surface area contributed by atoms with E-state index in [4.69, 9.17) is 14.8 Å².